The van der Waals surface area contributed by atoms with Crippen molar-refractivity contribution >= 4 is 23.4 Å². The molecule has 2 aromatic carbocycles. The molecule has 0 bridgehead atoms. The van der Waals surface area contributed by atoms with E-state index in [1.54, 1.807) is 39.8 Å². The SMILES string of the molecule is COc1cc(NC(N)=O)ccc1-c1nnc(N(C)c2ccc(F)cc2)n1C. The van der Waals surface area contributed by atoms with Crippen LogP contribution in [0.3, 0.4) is 0 Å². The Morgan fingerprint density at radius 1 is 1.22 bits per heavy atom. The maximum Gasteiger partial charge on any atom is 0.316 e. The number of halogens is 1. The first-order valence-electron chi connectivity index (χ1n) is 8.04. The second-order valence-corrected chi connectivity index (χ2v) is 5.82. The number of hydrogen-bond acceptors (Lipinski definition) is 5. The van der Waals surface area contributed by atoms with Crippen LogP contribution in [0.25, 0.3) is 11.4 Å². The molecule has 9 heteroatoms. The second-order valence-electron chi connectivity index (χ2n) is 5.82. The molecule has 2 amide bonds. The molecule has 0 fully saturated rings. The fraction of sp³-hybridized carbons (Fsp3) is 0.167. The van der Waals surface area contributed by atoms with Crippen LogP contribution in [-0.2, 0) is 7.05 Å². The minimum Gasteiger partial charge on any atom is -0.496 e. The average molecular weight is 370 g/mol. The lowest BCUT2D eigenvalue weighted by atomic mass is 10.1. The molecule has 0 aliphatic carbocycles. The topological polar surface area (TPSA) is 98.3 Å². The maximum absolute atomic E-state index is 13.2. The molecule has 0 unspecified atom stereocenters. The highest BCUT2D eigenvalue weighted by molar-refractivity contribution is 5.88. The monoisotopic (exact) mass is 370 g/mol. The normalized spacial score (nSPS) is 10.5. The summed E-state index contributed by atoms with van der Waals surface area (Å²) >= 11 is 0. The van der Waals surface area contributed by atoms with Gasteiger partial charge in [0.25, 0.3) is 0 Å². The fourth-order valence-electron chi connectivity index (χ4n) is 2.72. The van der Waals surface area contributed by atoms with Crippen molar-refractivity contribution in [1.29, 1.82) is 0 Å². The van der Waals surface area contributed by atoms with Gasteiger partial charge in [-0.05, 0) is 36.4 Å². The quantitative estimate of drug-likeness (QED) is 0.720. The number of methoxy groups -OCH3 is 1. The fourth-order valence-corrected chi connectivity index (χ4v) is 2.72. The van der Waals surface area contributed by atoms with Gasteiger partial charge in [-0.3, -0.25) is 4.57 Å². The van der Waals surface area contributed by atoms with E-state index in [1.807, 2.05) is 14.1 Å². The highest BCUT2D eigenvalue weighted by Crippen LogP contribution is 2.33. The van der Waals surface area contributed by atoms with Crippen LogP contribution in [0, 0.1) is 5.82 Å². The summed E-state index contributed by atoms with van der Waals surface area (Å²) in [6.07, 6.45) is 0. The summed E-state index contributed by atoms with van der Waals surface area (Å²) in [5.74, 6) is 1.34. The van der Waals surface area contributed by atoms with E-state index in [9.17, 15) is 9.18 Å². The number of aromatic nitrogens is 3. The van der Waals surface area contributed by atoms with E-state index in [2.05, 4.69) is 15.5 Å². The van der Waals surface area contributed by atoms with E-state index in [4.69, 9.17) is 10.5 Å². The van der Waals surface area contributed by atoms with E-state index in [-0.39, 0.29) is 5.82 Å². The van der Waals surface area contributed by atoms with E-state index < -0.39 is 6.03 Å². The number of carbonyl (C=O) groups is 1. The van der Waals surface area contributed by atoms with Crippen LogP contribution in [0.15, 0.2) is 42.5 Å². The lowest BCUT2D eigenvalue weighted by molar-refractivity contribution is 0.259. The number of urea groups is 1. The summed E-state index contributed by atoms with van der Waals surface area (Å²) in [5.41, 5.74) is 7.12. The zero-order chi connectivity index (χ0) is 19.6. The maximum atomic E-state index is 13.2. The van der Waals surface area contributed by atoms with Crippen LogP contribution < -0.4 is 20.7 Å². The Bertz CT molecular complexity index is 970. The molecule has 0 saturated heterocycles. The lowest BCUT2D eigenvalue weighted by Gasteiger charge is -2.18. The number of rotatable bonds is 5. The van der Waals surface area contributed by atoms with Crippen molar-refractivity contribution in [1.82, 2.24) is 14.8 Å². The zero-order valence-corrected chi connectivity index (χ0v) is 15.1. The van der Waals surface area contributed by atoms with E-state index in [0.717, 1.165) is 5.69 Å². The van der Waals surface area contributed by atoms with Gasteiger partial charge in [-0.2, -0.15) is 0 Å². The van der Waals surface area contributed by atoms with Gasteiger partial charge in [0.1, 0.15) is 11.6 Å². The zero-order valence-electron chi connectivity index (χ0n) is 15.1. The molecule has 0 saturated carbocycles. The summed E-state index contributed by atoms with van der Waals surface area (Å²) in [6.45, 7) is 0. The van der Waals surface area contributed by atoms with Crippen molar-refractivity contribution in [3.8, 4) is 17.1 Å². The number of carbonyl (C=O) groups excluding carboxylic acids is 1. The van der Waals surface area contributed by atoms with Crippen molar-refractivity contribution in [2.75, 3.05) is 24.4 Å². The number of amides is 2. The average Bonchev–Trinajstić information content (AvgIpc) is 3.02. The number of anilines is 3. The Labute approximate surface area is 155 Å². The molecule has 140 valence electrons. The van der Waals surface area contributed by atoms with E-state index >= 15 is 0 Å². The van der Waals surface area contributed by atoms with Crippen molar-refractivity contribution in [2.24, 2.45) is 12.8 Å². The van der Waals surface area contributed by atoms with Gasteiger partial charge in [-0.15, -0.1) is 10.2 Å². The summed E-state index contributed by atoms with van der Waals surface area (Å²) < 4.78 is 20.4. The van der Waals surface area contributed by atoms with Gasteiger partial charge in [0.05, 0.1) is 12.7 Å². The molecular formula is C18H19FN6O2. The summed E-state index contributed by atoms with van der Waals surface area (Å²) in [6, 6.07) is 10.5. The van der Waals surface area contributed by atoms with Crippen LogP contribution in [-0.4, -0.2) is 35.0 Å². The Morgan fingerprint density at radius 3 is 2.56 bits per heavy atom. The predicted molar refractivity (Wildman–Crippen MR) is 101 cm³/mol. The Balaban J connectivity index is 1.97. The summed E-state index contributed by atoms with van der Waals surface area (Å²) in [4.78, 5) is 12.8. The molecule has 0 spiro atoms. The van der Waals surface area contributed by atoms with Gasteiger partial charge >= 0.3 is 6.03 Å². The molecule has 0 aliphatic heterocycles. The van der Waals surface area contributed by atoms with Gasteiger partial charge in [0, 0.05) is 31.5 Å². The largest absolute Gasteiger partial charge is 0.496 e. The number of nitrogens with zero attached hydrogens (tertiary/aromatic N) is 4. The number of ether oxygens (including phenoxy) is 1. The molecule has 1 aromatic heterocycles. The Hall–Kier alpha value is -3.62. The number of primary amides is 1. The van der Waals surface area contributed by atoms with Crippen LogP contribution in [0.2, 0.25) is 0 Å². The molecule has 0 aliphatic rings. The van der Waals surface area contributed by atoms with Gasteiger partial charge in [0.15, 0.2) is 5.82 Å². The molecule has 8 nitrogen and oxygen atoms in total. The van der Waals surface area contributed by atoms with E-state index in [0.29, 0.717) is 28.8 Å². The van der Waals surface area contributed by atoms with Crippen LogP contribution >= 0.6 is 0 Å². The first kappa shape index (κ1) is 18.2. The number of nitrogens with two attached hydrogens (primary N) is 1. The van der Waals surface area contributed by atoms with Gasteiger partial charge < -0.3 is 20.7 Å². The molecule has 3 rings (SSSR count). The molecule has 3 N–H and O–H groups in total. The number of hydrogen-bond donors (Lipinski definition) is 2. The van der Waals surface area contributed by atoms with Gasteiger partial charge in [0.2, 0.25) is 5.95 Å². The smallest absolute Gasteiger partial charge is 0.316 e. The van der Waals surface area contributed by atoms with Crippen molar-refractivity contribution in [3.05, 3.63) is 48.3 Å². The third-order valence-corrected chi connectivity index (χ3v) is 4.08. The minimum absolute atomic E-state index is 0.305. The molecule has 0 radical (unpaired) electrons. The molecule has 0 atom stereocenters. The summed E-state index contributed by atoms with van der Waals surface area (Å²) in [5, 5.41) is 11.0. The van der Waals surface area contributed by atoms with E-state index in [1.165, 1.54) is 19.2 Å². The molecular weight excluding hydrogens is 351 g/mol. The minimum atomic E-state index is -0.660. The van der Waals surface area contributed by atoms with Crippen molar-refractivity contribution in [3.63, 3.8) is 0 Å². The van der Waals surface area contributed by atoms with Crippen LogP contribution in [0.1, 0.15) is 0 Å². The third-order valence-electron chi connectivity index (χ3n) is 4.08. The standard InChI is InChI=1S/C18H19FN6O2/c1-24(13-7-4-11(19)5-8-13)18-23-22-16(25(18)2)14-9-6-12(21-17(20)26)10-15(14)27-3/h4-10H,1-3H3,(H3,20,21,26). The van der Waals surface area contributed by atoms with Gasteiger partial charge in [-0.25, -0.2) is 9.18 Å². The molecule has 27 heavy (non-hydrogen) atoms. The lowest BCUT2D eigenvalue weighted by Crippen LogP contribution is -2.19. The first-order valence-corrected chi connectivity index (χ1v) is 8.04. The summed E-state index contributed by atoms with van der Waals surface area (Å²) in [7, 11) is 5.16. The van der Waals surface area contributed by atoms with Gasteiger partial charge in [-0.1, -0.05) is 0 Å². The Kier molecular flexibility index (Phi) is 4.93. The second kappa shape index (κ2) is 7.32. The third kappa shape index (κ3) is 3.66. The highest BCUT2D eigenvalue weighted by atomic mass is 19.1. The molecule has 1 heterocycles. The van der Waals surface area contributed by atoms with Crippen LogP contribution in [0.5, 0.6) is 5.75 Å². The number of benzene rings is 2. The number of nitrogens with one attached hydrogen (secondary N) is 1. The van der Waals surface area contributed by atoms with Crippen LogP contribution in [0.4, 0.5) is 26.5 Å². The first-order chi connectivity index (χ1) is 12.9. The highest BCUT2D eigenvalue weighted by Gasteiger charge is 2.18. The Morgan fingerprint density at radius 2 is 1.93 bits per heavy atom. The molecule has 3 aromatic rings. The predicted octanol–water partition coefficient (Wildman–Crippen LogP) is 2.89. The van der Waals surface area contributed by atoms with Crippen molar-refractivity contribution in [2.45, 2.75) is 0 Å². The van der Waals surface area contributed by atoms with Crippen molar-refractivity contribution < 1.29 is 13.9 Å².